The molecule has 0 bridgehead atoms. The minimum absolute atomic E-state index is 0.137. The first-order valence-electron chi connectivity index (χ1n) is 8.00. The van der Waals surface area contributed by atoms with Crippen molar-refractivity contribution >= 4 is 11.9 Å². The third kappa shape index (κ3) is 6.77. The zero-order valence-electron chi connectivity index (χ0n) is 14.6. The standard InChI is InChI=1S/C17H30O5/c1-16(2,3)21-14(19)10-11-9-12(18)7-8-13(11)15(20)22-17(4,5)6/h11-13,18H,7-10H2,1-6H3/t11-,12+,13?/m0/s1. The van der Waals surface area contributed by atoms with Crippen molar-refractivity contribution in [3.63, 3.8) is 0 Å². The van der Waals surface area contributed by atoms with E-state index in [1.54, 1.807) is 0 Å². The molecule has 0 aliphatic heterocycles. The van der Waals surface area contributed by atoms with Crippen LogP contribution in [0.4, 0.5) is 0 Å². The molecule has 0 saturated heterocycles. The summed E-state index contributed by atoms with van der Waals surface area (Å²) in [6, 6.07) is 0. The Bertz CT molecular complexity index is 402. The normalized spacial score (nSPS) is 26.4. The highest BCUT2D eigenvalue weighted by molar-refractivity contribution is 5.76. The molecule has 1 aliphatic rings. The van der Waals surface area contributed by atoms with E-state index in [9.17, 15) is 14.7 Å². The fraction of sp³-hybridized carbons (Fsp3) is 0.882. The summed E-state index contributed by atoms with van der Waals surface area (Å²) in [6.07, 6.45) is 1.21. The first-order chi connectivity index (χ1) is 9.87. The molecule has 1 unspecified atom stereocenters. The van der Waals surface area contributed by atoms with E-state index >= 15 is 0 Å². The Morgan fingerprint density at radius 2 is 1.55 bits per heavy atom. The number of esters is 2. The van der Waals surface area contributed by atoms with Crippen LogP contribution in [0.1, 0.15) is 67.2 Å². The van der Waals surface area contributed by atoms with Crippen molar-refractivity contribution in [1.82, 2.24) is 0 Å². The van der Waals surface area contributed by atoms with Crippen LogP contribution in [0.2, 0.25) is 0 Å². The predicted octanol–water partition coefficient (Wildman–Crippen LogP) is 2.84. The summed E-state index contributed by atoms with van der Waals surface area (Å²) in [6.45, 7) is 10.9. The summed E-state index contributed by atoms with van der Waals surface area (Å²) in [5, 5.41) is 9.85. The number of hydrogen-bond donors (Lipinski definition) is 1. The maximum Gasteiger partial charge on any atom is 0.309 e. The summed E-state index contributed by atoms with van der Waals surface area (Å²) in [7, 11) is 0. The smallest absolute Gasteiger partial charge is 0.309 e. The van der Waals surface area contributed by atoms with Gasteiger partial charge in [-0.25, -0.2) is 0 Å². The van der Waals surface area contributed by atoms with E-state index in [2.05, 4.69) is 0 Å². The van der Waals surface area contributed by atoms with Crippen LogP contribution >= 0.6 is 0 Å². The molecule has 0 aromatic rings. The second-order valence-corrected chi connectivity index (χ2v) is 8.16. The maximum atomic E-state index is 12.3. The Morgan fingerprint density at radius 1 is 1.00 bits per heavy atom. The molecule has 0 amide bonds. The van der Waals surface area contributed by atoms with Gasteiger partial charge in [0.05, 0.1) is 12.0 Å². The lowest BCUT2D eigenvalue weighted by atomic mass is 9.76. The Kier molecular flexibility index (Phi) is 6.02. The quantitative estimate of drug-likeness (QED) is 0.811. The molecule has 22 heavy (non-hydrogen) atoms. The van der Waals surface area contributed by atoms with Gasteiger partial charge < -0.3 is 14.6 Å². The average Bonchev–Trinajstić information content (AvgIpc) is 2.23. The first kappa shape index (κ1) is 18.9. The van der Waals surface area contributed by atoms with Gasteiger partial charge in [-0.2, -0.15) is 0 Å². The van der Waals surface area contributed by atoms with Crippen LogP contribution in [0.5, 0.6) is 0 Å². The fourth-order valence-corrected chi connectivity index (χ4v) is 2.75. The molecule has 3 atom stereocenters. The van der Waals surface area contributed by atoms with E-state index in [-0.39, 0.29) is 30.2 Å². The predicted molar refractivity (Wildman–Crippen MR) is 83.1 cm³/mol. The average molecular weight is 314 g/mol. The number of aliphatic hydroxyl groups is 1. The fourth-order valence-electron chi connectivity index (χ4n) is 2.75. The molecule has 0 aromatic carbocycles. The van der Waals surface area contributed by atoms with Crippen molar-refractivity contribution in [3.8, 4) is 0 Å². The highest BCUT2D eigenvalue weighted by Crippen LogP contribution is 2.35. The van der Waals surface area contributed by atoms with Gasteiger partial charge in [0, 0.05) is 6.42 Å². The van der Waals surface area contributed by atoms with Gasteiger partial charge in [-0.1, -0.05) is 0 Å². The number of aliphatic hydroxyl groups excluding tert-OH is 1. The van der Waals surface area contributed by atoms with Crippen molar-refractivity contribution in [2.45, 2.75) is 84.5 Å². The van der Waals surface area contributed by atoms with E-state index in [0.717, 1.165) is 0 Å². The third-order valence-electron chi connectivity index (χ3n) is 3.51. The van der Waals surface area contributed by atoms with Gasteiger partial charge in [0.2, 0.25) is 0 Å². The van der Waals surface area contributed by atoms with Crippen LogP contribution in [0.3, 0.4) is 0 Å². The molecule has 5 nitrogen and oxygen atoms in total. The summed E-state index contributed by atoms with van der Waals surface area (Å²) in [4.78, 5) is 24.4. The number of rotatable bonds is 3. The highest BCUT2D eigenvalue weighted by Gasteiger charge is 2.38. The molecule has 1 rings (SSSR count). The Labute approximate surface area is 133 Å². The van der Waals surface area contributed by atoms with Crippen molar-refractivity contribution in [2.24, 2.45) is 11.8 Å². The molecule has 1 saturated carbocycles. The van der Waals surface area contributed by atoms with Crippen LogP contribution in [-0.4, -0.2) is 34.4 Å². The Morgan fingerprint density at radius 3 is 2.05 bits per heavy atom. The Hall–Kier alpha value is -1.10. The monoisotopic (exact) mass is 314 g/mol. The molecular formula is C17H30O5. The van der Waals surface area contributed by atoms with Gasteiger partial charge in [0.15, 0.2) is 0 Å². The van der Waals surface area contributed by atoms with E-state index in [0.29, 0.717) is 19.3 Å². The SMILES string of the molecule is CC(C)(C)OC(=O)C[C@@H]1C[C@H](O)CCC1C(=O)OC(C)(C)C. The summed E-state index contributed by atoms with van der Waals surface area (Å²) < 4.78 is 10.8. The summed E-state index contributed by atoms with van der Waals surface area (Å²) in [5.74, 6) is -1.20. The van der Waals surface area contributed by atoms with Gasteiger partial charge in [0.1, 0.15) is 11.2 Å². The van der Waals surface area contributed by atoms with Crippen molar-refractivity contribution < 1.29 is 24.2 Å². The molecule has 1 aliphatic carbocycles. The van der Waals surface area contributed by atoms with Crippen molar-refractivity contribution in [3.05, 3.63) is 0 Å². The van der Waals surface area contributed by atoms with Crippen molar-refractivity contribution in [1.29, 1.82) is 0 Å². The molecular weight excluding hydrogens is 284 g/mol. The second kappa shape index (κ2) is 6.99. The Balaban J connectivity index is 2.73. The molecule has 0 aromatic heterocycles. The largest absolute Gasteiger partial charge is 0.460 e. The lowest BCUT2D eigenvalue weighted by molar-refractivity contribution is -0.166. The van der Waals surface area contributed by atoms with E-state index in [1.165, 1.54) is 0 Å². The van der Waals surface area contributed by atoms with Gasteiger partial charge >= 0.3 is 11.9 Å². The molecule has 0 radical (unpaired) electrons. The lowest BCUT2D eigenvalue weighted by Crippen LogP contribution is -2.39. The van der Waals surface area contributed by atoms with Crippen LogP contribution in [-0.2, 0) is 19.1 Å². The van der Waals surface area contributed by atoms with Gasteiger partial charge in [-0.15, -0.1) is 0 Å². The van der Waals surface area contributed by atoms with Crippen LogP contribution in [0.15, 0.2) is 0 Å². The molecule has 5 heteroatoms. The number of carbonyl (C=O) groups is 2. The highest BCUT2D eigenvalue weighted by atomic mass is 16.6. The summed E-state index contributed by atoms with van der Waals surface area (Å²) >= 11 is 0. The topological polar surface area (TPSA) is 72.8 Å². The van der Waals surface area contributed by atoms with Gasteiger partial charge in [-0.05, 0) is 66.7 Å². The van der Waals surface area contributed by atoms with E-state index in [1.807, 2.05) is 41.5 Å². The molecule has 1 N–H and O–H groups in total. The minimum atomic E-state index is -0.552. The van der Waals surface area contributed by atoms with E-state index in [4.69, 9.17) is 9.47 Å². The van der Waals surface area contributed by atoms with Crippen LogP contribution in [0, 0.1) is 11.8 Å². The van der Waals surface area contributed by atoms with Crippen LogP contribution < -0.4 is 0 Å². The van der Waals surface area contributed by atoms with E-state index < -0.39 is 17.3 Å². The minimum Gasteiger partial charge on any atom is -0.460 e. The molecule has 0 spiro atoms. The number of hydrogen-bond acceptors (Lipinski definition) is 5. The summed E-state index contributed by atoms with van der Waals surface area (Å²) in [5.41, 5.74) is -1.10. The van der Waals surface area contributed by atoms with Gasteiger partial charge in [-0.3, -0.25) is 9.59 Å². The van der Waals surface area contributed by atoms with Crippen molar-refractivity contribution in [2.75, 3.05) is 0 Å². The lowest BCUT2D eigenvalue weighted by Gasteiger charge is -2.34. The third-order valence-corrected chi connectivity index (χ3v) is 3.51. The maximum absolute atomic E-state index is 12.3. The molecule has 128 valence electrons. The first-order valence-corrected chi connectivity index (χ1v) is 8.00. The zero-order chi connectivity index (χ0) is 17.1. The zero-order valence-corrected chi connectivity index (χ0v) is 14.6. The molecule has 0 heterocycles. The second-order valence-electron chi connectivity index (χ2n) is 8.16. The number of carbonyl (C=O) groups excluding carboxylic acids is 2. The van der Waals surface area contributed by atoms with Crippen LogP contribution in [0.25, 0.3) is 0 Å². The molecule has 1 fully saturated rings. The number of ether oxygens (including phenoxy) is 2. The van der Waals surface area contributed by atoms with Gasteiger partial charge in [0.25, 0.3) is 0 Å².